The molecule has 0 radical (unpaired) electrons. The Labute approximate surface area is 147 Å². The molecule has 0 aliphatic carbocycles. The number of anilines is 2. The van der Waals surface area contributed by atoms with Crippen LogP contribution in [0.25, 0.3) is 0 Å². The molecule has 130 valence electrons. The molecule has 3 rings (SSSR count). The van der Waals surface area contributed by atoms with Crippen LogP contribution in [-0.2, 0) is 22.4 Å². The van der Waals surface area contributed by atoms with Crippen LogP contribution in [0.1, 0.15) is 31.4 Å². The van der Waals surface area contributed by atoms with E-state index in [2.05, 4.69) is 10.6 Å². The number of nitrogens with one attached hydrogen (secondary N) is 2. The molecule has 5 heteroatoms. The summed E-state index contributed by atoms with van der Waals surface area (Å²) in [5.74, 6) is 0.610. The summed E-state index contributed by atoms with van der Waals surface area (Å²) in [6, 6.07) is 13.2. The summed E-state index contributed by atoms with van der Waals surface area (Å²) in [4.78, 5) is 23.8. The minimum Gasteiger partial charge on any atom is -0.489 e. The van der Waals surface area contributed by atoms with E-state index in [1.54, 1.807) is 0 Å². The second-order valence-corrected chi connectivity index (χ2v) is 6.43. The van der Waals surface area contributed by atoms with E-state index < -0.39 is 0 Å². The molecule has 0 unspecified atom stereocenters. The van der Waals surface area contributed by atoms with Crippen LogP contribution in [0.2, 0.25) is 0 Å². The number of rotatable bonds is 5. The fraction of sp³-hybridized carbons (Fsp3) is 0.300. The molecule has 0 bridgehead atoms. The number of carbonyl (C=O) groups excluding carboxylic acids is 2. The van der Waals surface area contributed by atoms with Gasteiger partial charge in [0, 0.05) is 12.1 Å². The van der Waals surface area contributed by atoms with Gasteiger partial charge in [0.05, 0.1) is 18.2 Å². The first-order chi connectivity index (χ1) is 12.0. The quantitative estimate of drug-likeness (QED) is 0.876. The second kappa shape index (κ2) is 7.38. The highest BCUT2D eigenvalue weighted by molar-refractivity contribution is 5.95. The minimum atomic E-state index is -0.0976. The van der Waals surface area contributed by atoms with Crippen LogP contribution < -0.4 is 15.4 Å². The van der Waals surface area contributed by atoms with E-state index in [4.69, 9.17) is 4.74 Å². The lowest BCUT2D eigenvalue weighted by molar-refractivity contribution is -0.117. The van der Waals surface area contributed by atoms with Crippen LogP contribution in [0, 0.1) is 0 Å². The maximum absolute atomic E-state index is 12.4. The van der Waals surface area contributed by atoms with E-state index >= 15 is 0 Å². The van der Waals surface area contributed by atoms with Gasteiger partial charge in [-0.15, -0.1) is 0 Å². The average molecular weight is 338 g/mol. The zero-order chi connectivity index (χ0) is 17.8. The van der Waals surface area contributed by atoms with Gasteiger partial charge >= 0.3 is 0 Å². The van der Waals surface area contributed by atoms with E-state index in [0.717, 1.165) is 16.8 Å². The molecule has 1 heterocycles. The van der Waals surface area contributed by atoms with Gasteiger partial charge in [-0.3, -0.25) is 9.59 Å². The Morgan fingerprint density at radius 2 is 2.00 bits per heavy atom. The van der Waals surface area contributed by atoms with Crippen molar-refractivity contribution in [2.45, 2.75) is 39.2 Å². The molecule has 5 nitrogen and oxygen atoms in total. The number of amides is 2. The third-order valence-electron chi connectivity index (χ3n) is 3.95. The van der Waals surface area contributed by atoms with Gasteiger partial charge in [-0.05, 0) is 49.6 Å². The summed E-state index contributed by atoms with van der Waals surface area (Å²) < 4.78 is 5.73. The largest absolute Gasteiger partial charge is 0.489 e. The summed E-state index contributed by atoms with van der Waals surface area (Å²) >= 11 is 0. The van der Waals surface area contributed by atoms with Crippen molar-refractivity contribution in [1.29, 1.82) is 0 Å². The first kappa shape index (κ1) is 17.0. The Morgan fingerprint density at radius 3 is 2.80 bits per heavy atom. The van der Waals surface area contributed by atoms with Crippen LogP contribution in [0.5, 0.6) is 5.75 Å². The van der Waals surface area contributed by atoms with Crippen LogP contribution in [0.4, 0.5) is 11.4 Å². The van der Waals surface area contributed by atoms with Gasteiger partial charge in [0.2, 0.25) is 11.8 Å². The number of benzene rings is 2. The molecule has 25 heavy (non-hydrogen) atoms. The SMILES string of the molecule is CC(C)Oc1ccccc1NC(=O)Cc1ccc2c(c1)CCC(=O)N2. The van der Waals surface area contributed by atoms with Crippen molar-refractivity contribution < 1.29 is 14.3 Å². The molecular formula is C20H22N2O3. The minimum absolute atomic E-state index is 0.0360. The van der Waals surface area contributed by atoms with Crippen molar-refractivity contribution in [1.82, 2.24) is 0 Å². The van der Waals surface area contributed by atoms with Crippen LogP contribution >= 0.6 is 0 Å². The molecule has 1 aliphatic heterocycles. The number of fused-ring (bicyclic) bond motifs is 1. The standard InChI is InChI=1S/C20H22N2O3/c1-13(2)25-18-6-4-3-5-17(18)22-20(24)12-14-7-9-16-15(11-14)8-10-19(23)21-16/h3-7,9,11,13H,8,10,12H2,1-2H3,(H,21,23)(H,22,24). The number of hydrogen-bond acceptors (Lipinski definition) is 3. The summed E-state index contributed by atoms with van der Waals surface area (Å²) in [6.45, 7) is 3.90. The molecule has 2 aromatic rings. The van der Waals surface area contributed by atoms with Crippen LogP contribution in [0.3, 0.4) is 0 Å². The average Bonchev–Trinajstić information content (AvgIpc) is 2.56. The topological polar surface area (TPSA) is 67.4 Å². The second-order valence-electron chi connectivity index (χ2n) is 6.43. The number of ether oxygens (including phenoxy) is 1. The fourth-order valence-electron chi connectivity index (χ4n) is 2.85. The van der Waals surface area contributed by atoms with E-state index in [-0.39, 0.29) is 24.3 Å². The highest BCUT2D eigenvalue weighted by atomic mass is 16.5. The lowest BCUT2D eigenvalue weighted by atomic mass is 9.99. The molecule has 0 atom stereocenters. The summed E-state index contributed by atoms with van der Waals surface area (Å²) in [6.07, 6.45) is 1.51. The predicted molar refractivity (Wildman–Crippen MR) is 97.9 cm³/mol. The van der Waals surface area contributed by atoms with Gasteiger partial charge in [-0.25, -0.2) is 0 Å². The van der Waals surface area contributed by atoms with Crippen molar-refractivity contribution in [2.75, 3.05) is 10.6 Å². The van der Waals surface area contributed by atoms with Crippen molar-refractivity contribution >= 4 is 23.2 Å². The van der Waals surface area contributed by atoms with Crippen molar-refractivity contribution in [3.8, 4) is 5.75 Å². The Balaban J connectivity index is 1.68. The number of para-hydroxylation sites is 2. The Hall–Kier alpha value is -2.82. The van der Waals surface area contributed by atoms with Gasteiger partial charge in [-0.1, -0.05) is 24.3 Å². The highest BCUT2D eigenvalue weighted by Gasteiger charge is 2.16. The maximum atomic E-state index is 12.4. The van der Waals surface area contributed by atoms with Gasteiger partial charge in [0.15, 0.2) is 0 Å². The number of carbonyl (C=O) groups is 2. The first-order valence-corrected chi connectivity index (χ1v) is 8.48. The lowest BCUT2D eigenvalue weighted by Crippen LogP contribution is -2.20. The number of aryl methyl sites for hydroxylation is 1. The van der Waals surface area contributed by atoms with Gasteiger partial charge < -0.3 is 15.4 Å². The zero-order valence-electron chi connectivity index (χ0n) is 14.5. The molecule has 0 saturated carbocycles. The van der Waals surface area contributed by atoms with Crippen LogP contribution in [0.15, 0.2) is 42.5 Å². The summed E-state index contributed by atoms with van der Waals surface area (Å²) in [5, 5.41) is 5.77. The summed E-state index contributed by atoms with van der Waals surface area (Å²) in [7, 11) is 0. The van der Waals surface area contributed by atoms with E-state index in [1.807, 2.05) is 56.3 Å². The third kappa shape index (κ3) is 4.38. The van der Waals surface area contributed by atoms with Gasteiger partial charge in [0.1, 0.15) is 5.75 Å². The Morgan fingerprint density at radius 1 is 1.20 bits per heavy atom. The molecule has 1 aliphatic rings. The lowest BCUT2D eigenvalue weighted by Gasteiger charge is -2.18. The fourth-order valence-corrected chi connectivity index (χ4v) is 2.85. The molecule has 2 aromatic carbocycles. The molecule has 2 N–H and O–H groups in total. The monoisotopic (exact) mass is 338 g/mol. The third-order valence-corrected chi connectivity index (χ3v) is 3.95. The molecule has 0 aromatic heterocycles. The maximum Gasteiger partial charge on any atom is 0.228 e. The van der Waals surface area contributed by atoms with Gasteiger partial charge in [-0.2, -0.15) is 0 Å². The molecule has 2 amide bonds. The zero-order valence-corrected chi connectivity index (χ0v) is 14.5. The van der Waals surface area contributed by atoms with Crippen molar-refractivity contribution in [2.24, 2.45) is 0 Å². The Kier molecular flexibility index (Phi) is 5.03. The van der Waals surface area contributed by atoms with Crippen molar-refractivity contribution in [3.63, 3.8) is 0 Å². The molecule has 0 spiro atoms. The first-order valence-electron chi connectivity index (χ1n) is 8.48. The van der Waals surface area contributed by atoms with E-state index in [9.17, 15) is 9.59 Å². The van der Waals surface area contributed by atoms with Crippen molar-refractivity contribution in [3.05, 3.63) is 53.6 Å². The molecule has 0 saturated heterocycles. The highest BCUT2D eigenvalue weighted by Crippen LogP contribution is 2.26. The normalized spacial score (nSPS) is 13.2. The van der Waals surface area contributed by atoms with E-state index in [0.29, 0.717) is 24.3 Å². The molecule has 0 fully saturated rings. The Bertz CT molecular complexity index is 799. The van der Waals surface area contributed by atoms with Crippen LogP contribution in [-0.4, -0.2) is 17.9 Å². The van der Waals surface area contributed by atoms with E-state index in [1.165, 1.54) is 0 Å². The number of hydrogen-bond donors (Lipinski definition) is 2. The predicted octanol–water partition coefficient (Wildman–Crippen LogP) is 3.54. The summed E-state index contributed by atoms with van der Waals surface area (Å²) in [5.41, 5.74) is 3.52. The molecular weight excluding hydrogens is 316 g/mol. The smallest absolute Gasteiger partial charge is 0.228 e. The van der Waals surface area contributed by atoms with Gasteiger partial charge in [0.25, 0.3) is 0 Å².